The molecular formula is C20H19NO3S. The molecule has 1 saturated carbocycles. The highest BCUT2D eigenvalue weighted by atomic mass is 32.2. The van der Waals surface area contributed by atoms with E-state index < -0.39 is 0 Å². The van der Waals surface area contributed by atoms with Crippen LogP contribution in [-0.2, 0) is 14.3 Å². The number of benzene rings is 2. The van der Waals surface area contributed by atoms with Crippen molar-refractivity contribution in [2.24, 2.45) is 5.92 Å². The molecule has 0 bridgehead atoms. The number of carbonyl (C=O) groups is 2. The van der Waals surface area contributed by atoms with Gasteiger partial charge in [-0.05, 0) is 30.5 Å². The fourth-order valence-corrected chi connectivity index (χ4v) is 4.23. The smallest absolute Gasteiger partial charge is 0.309 e. The van der Waals surface area contributed by atoms with Crippen molar-refractivity contribution in [2.75, 3.05) is 17.3 Å². The molecule has 1 fully saturated rings. The first-order valence-corrected chi connectivity index (χ1v) is 9.48. The fourth-order valence-electron chi connectivity index (χ4n) is 3.06. The van der Waals surface area contributed by atoms with Crippen molar-refractivity contribution in [3.05, 3.63) is 60.2 Å². The zero-order chi connectivity index (χ0) is 17.2. The highest BCUT2D eigenvalue weighted by Crippen LogP contribution is 2.43. The van der Waals surface area contributed by atoms with Gasteiger partial charge in [0.1, 0.15) is 0 Å². The number of carbonyl (C=O) groups excluding carboxylic acids is 2. The molecule has 0 unspecified atom stereocenters. The monoisotopic (exact) mass is 353 g/mol. The summed E-state index contributed by atoms with van der Waals surface area (Å²) in [6.45, 7) is -0.197. The Bertz CT molecular complexity index is 789. The van der Waals surface area contributed by atoms with Crippen LogP contribution < -0.4 is 4.90 Å². The number of para-hydroxylation sites is 1. The van der Waals surface area contributed by atoms with Crippen LogP contribution in [0.15, 0.2) is 59.5 Å². The Balaban J connectivity index is 1.61. The molecule has 4 rings (SSSR count). The standard InChI is InChI=1S/C20H19NO3S/c22-19(12-24-20(23)15-10-11-15)21-16-8-4-5-9-18(16)25-13-17(21)14-6-2-1-3-7-14/h1-9,15,17H,10-13H2/t17-/m0/s1. The molecule has 2 aromatic carbocycles. The van der Waals surface area contributed by atoms with Crippen LogP contribution in [0.3, 0.4) is 0 Å². The van der Waals surface area contributed by atoms with Gasteiger partial charge in [0.2, 0.25) is 0 Å². The van der Waals surface area contributed by atoms with Gasteiger partial charge >= 0.3 is 5.97 Å². The quantitative estimate of drug-likeness (QED) is 0.784. The minimum Gasteiger partial charge on any atom is -0.455 e. The Hall–Kier alpha value is -2.27. The Labute approximate surface area is 151 Å². The van der Waals surface area contributed by atoms with Gasteiger partial charge in [-0.1, -0.05) is 42.5 Å². The first-order valence-electron chi connectivity index (χ1n) is 8.49. The largest absolute Gasteiger partial charge is 0.455 e. The lowest BCUT2D eigenvalue weighted by Crippen LogP contribution is -2.41. The van der Waals surface area contributed by atoms with Crippen LogP contribution in [0.25, 0.3) is 0 Å². The number of nitrogens with zero attached hydrogens (tertiary/aromatic N) is 1. The average Bonchev–Trinajstić information content (AvgIpc) is 3.51. The van der Waals surface area contributed by atoms with Gasteiger partial charge in [0.15, 0.2) is 6.61 Å². The van der Waals surface area contributed by atoms with Gasteiger partial charge < -0.3 is 4.74 Å². The fraction of sp³-hybridized carbons (Fsp3) is 0.300. The lowest BCUT2D eigenvalue weighted by atomic mass is 10.1. The molecule has 128 valence electrons. The molecule has 25 heavy (non-hydrogen) atoms. The molecule has 1 aliphatic heterocycles. The molecule has 1 aliphatic carbocycles. The number of thioether (sulfide) groups is 1. The second-order valence-corrected chi connectivity index (χ2v) is 7.41. The summed E-state index contributed by atoms with van der Waals surface area (Å²) in [6.07, 6.45) is 1.76. The first-order chi connectivity index (χ1) is 12.2. The van der Waals surface area contributed by atoms with E-state index in [1.54, 1.807) is 16.7 Å². The van der Waals surface area contributed by atoms with Crippen molar-refractivity contribution in [3.63, 3.8) is 0 Å². The highest BCUT2D eigenvalue weighted by Gasteiger charge is 2.35. The number of rotatable bonds is 4. The van der Waals surface area contributed by atoms with E-state index in [2.05, 4.69) is 0 Å². The maximum atomic E-state index is 12.9. The molecule has 0 radical (unpaired) electrons. The summed E-state index contributed by atoms with van der Waals surface area (Å²) in [4.78, 5) is 27.6. The van der Waals surface area contributed by atoms with Gasteiger partial charge in [0, 0.05) is 10.6 Å². The van der Waals surface area contributed by atoms with Crippen LogP contribution in [-0.4, -0.2) is 24.2 Å². The number of anilines is 1. The van der Waals surface area contributed by atoms with E-state index in [1.807, 2.05) is 54.6 Å². The maximum Gasteiger partial charge on any atom is 0.309 e. The second kappa shape index (κ2) is 6.92. The second-order valence-electron chi connectivity index (χ2n) is 6.35. The van der Waals surface area contributed by atoms with Gasteiger partial charge in [-0.3, -0.25) is 14.5 Å². The van der Waals surface area contributed by atoms with Crippen molar-refractivity contribution in [3.8, 4) is 0 Å². The number of ether oxygens (including phenoxy) is 1. The maximum absolute atomic E-state index is 12.9. The molecular weight excluding hydrogens is 334 g/mol. The van der Waals surface area contributed by atoms with Crippen molar-refractivity contribution in [1.29, 1.82) is 0 Å². The molecule has 4 nitrogen and oxygen atoms in total. The van der Waals surface area contributed by atoms with Gasteiger partial charge in [-0.2, -0.15) is 0 Å². The third-order valence-electron chi connectivity index (χ3n) is 4.53. The Morgan fingerprint density at radius 3 is 2.52 bits per heavy atom. The normalized spacial score (nSPS) is 19.2. The lowest BCUT2D eigenvalue weighted by Gasteiger charge is -2.37. The predicted octanol–water partition coefficient (Wildman–Crippen LogP) is 3.82. The van der Waals surface area contributed by atoms with Gasteiger partial charge in [-0.25, -0.2) is 0 Å². The summed E-state index contributed by atoms with van der Waals surface area (Å²) in [7, 11) is 0. The van der Waals surface area contributed by atoms with Crippen LogP contribution >= 0.6 is 11.8 Å². The number of hydrogen-bond acceptors (Lipinski definition) is 4. The van der Waals surface area contributed by atoms with Gasteiger partial charge in [0.05, 0.1) is 17.6 Å². The number of amides is 1. The van der Waals surface area contributed by atoms with E-state index in [4.69, 9.17) is 4.74 Å². The Kier molecular flexibility index (Phi) is 4.49. The van der Waals surface area contributed by atoms with Crippen LogP contribution in [0.1, 0.15) is 24.4 Å². The molecule has 2 aromatic rings. The number of fused-ring (bicyclic) bond motifs is 1. The first kappa shape index (κ1) is 16.2. The van der Waals surface area contributed by atoms with Crippen molar-refractivity contribution in [2.45, 2.75) is 23.8 Å². The third kappa shape index (κ3) is 3.42. The zero-order valence-electron chi connectivity index (χ0n) is 13.8. The highest BCUT2D eigenvalue weighted by molar-refractivity contribution is 7.99. The van der Waals surface area contributed by atoms with Crippen molar-refractivity contribution >= 4 is 29.3 Å². The van der Waals surface area contributed by atoms with Crippen molar-refractivity contribution in [1.82, 2.24) is 0 Å². The molecule has 1 atom stereocenters. The Morgan fingerprint density at radius 2 is 1.76 bits per heavy atom. The minimum absolute atomic E-state index is 0.00178. The van der Waals surface area contributed by atoms with E-state index in [0.717, 1.165) is 34.7 Å². The summed E-state index contributed by atoms with van der Waals surface area (Å²) < 4.78 is 5.24. The topological polar surface area (TPSA) is 46.6 Å². The summed E-state index contributed by atoms with van der Waals surface area (Å²) in [5.41, 5.74) is 1.98. The van der Waals surface area contributed by atoms with Gasteiger partial charge in [-0.15, -0.1) is 11.8 Å². The number of esters is 1. The van der Waals surface area contributed by atoms with Crippen LogP contribution in [0, 0.1) is 5.92 Å². The zero-order valence-corrected chi connectivity index (χ0v) is 14.6. The number of hydrogen-bond donors (Lipinski definition) is 0. The lowest BCUT2D eigenvalue weighted by molar-refractivity contribution is -0.149. The third-order valence-corrected chi connectivity index (χ3v) is 5.67. The van der Waals surface area contributed by atoms with E-state index in [9.17, 15) is 9.59 Å². The molecule has 0 aromatic heterocycles. The molecule has 2 aliphatic rings. The molecule has 1 heterocycles. The summed E-state index contributed by atoms with van der Waals surface area (Å²) in [5, 5.41) is 0. The SMILES string of the molecule is O=C(OCC(=O)N1c2ccccc2SC[C@H]1c1ccccc1)C1CC1. The molecule has 0 N–H and O–H groups in total. The summed E-state index contributed by atoms with van der Waals surface area (Å²) in [6, 6.07) is 17.8. The van der Waals surface area contributed by atoms with E-state index >= 15 is 0 Å². The van der Waals surface area contributed by atoms with Crippen molar-refractivity contribution < 1.29 is 14.3 Å². The molecule has 5 heteroatoms. The predicted molar refractivity (Wildman–Crippen MR) is 97.5 cm³/mol. The minimum atomic E-state index is -0.246. The van der Waals surface area contributed by atoms with E-state index in [-0.39, 0.29) is 30.4 Å². The van der Waals surface area contributed by atoms with Gasteiger partial charge in [0.25, 0.3) is 5.91 Å². The van der Waals surface area contributed by atoms with E-state index in [0.29, 0.717) is 0 Å². The van der Waals surface area contributed by atoms with Crippen LogP contribution in [0.2, 0.25) is 0 Å². The summed E-state index contributed by atoms with van der Waals surface area (Å²) in [5.74, 6) is 0.366. The average molecular weight is 353 g/mol. The van der Waals surface area contributed by atoms with Crippen LogP contribution in [0.5, 0.6) is 0 Å². The molecule has 0 spiro atoms. The van der Waals surface area contributed by atoms with Crippen LogP contribution in [0.4, 0.5) is 5.69 Å². The van der Waals surface area contributed by atoms with E-state index in [1.165, 1.54) is 0 Å². The summed E-state index contributed by atoms with van der Waals surface area (Å²) >= 11 is 1.75. The molecule has 0 saturated heterocycles. The Morgan fingerprint density at radius 1 is 1.04 bits per heavy atom. The molecule has 1 amide bonds.